The van der Waals surface area contributed by atoms with Gasteiger partial charge < -0.3 is 10.2 Å². The third kappa shape index (κ3) is 5.23. The van der Waals surface area contributed by atoms with Crippen LogP contribution in [-0.4, -0.2) is 44.0 Å². The van der Waals surface area contributed by atoms with Crippen LogP contribution in [0.3, 0.4) is 0 Å². The first-order valence-electron chi connectivity index (χ1n) is 9.90. The molecule has 0 spiro atoms. The highest BCUT2D eigenvalue weighted by atomic mass is 32.2. The molecule has 3 rings (SSSR count). The molecule has 0 aromatic heterocycles. The van der Waals surface area contributed by atoms with E-state index in [4.69, 9.17) is 0 Å². The minimum Gasteiger partial charge on any atom is -0.348 e. The van der Waals surface area contributed by atoms with Gasteiger partial charge in [-0.2, -0.15) is 0 Å². The number of hydrogen-bond acceptors (Lipinski definition) is 4. The summed E-state index contributed by atoms with van der Waals surface area (Å²) in [6.07, 6.45) is 3.25. The second-order valence-electron chi connectivity index (χ2n) is 7.16. The van der Waals surface area contributed by atoms with Crippen molar-refractivity contribution in [2.75, 3.05) is 18.8 Å². The summed E-state index contributed by atoms with van der Waals surface area (Å²) in [4.78, 5) is 27.1. The van der Waals surface area contributed by atoms with Gasteiger partial charge >= 0.3 is 0 Å². The van der Waals surface area contributed by atoms with Gasteiger partial charge in [0.05, 0.1) is 10.6 Å². The second-order valence-corrected chi connectivity index (χ2v) is 9.44. The van der Waals surface area contributed by atoms with E-state index in [9.17, 15) is 18.0 Å². The molecule has 1 aliphatic rings. The molecule has 154 valence electrons. The lowest BCUT2D eigenvalue weighted by molar-refractivity contribution is 0.0724. The van der Waals surface area contributed by atoms with Gasteiger partial charge in [-0.3, -0.25) is 9.59 Å². The summed E-state index contributed by atoms with van der Waals surface area (Å²) in [5, 5.41) is 2.82. The van der Waals surface area contributed by atoms with Crippen molar-refractivity contribution in [3.8, 4) is 0 Å². The Morgan fingerprint density at radius 1 is 0.966 bits per heavy atom. The molecule has 1 saturated heterocycles. The van der Waals surface area contributed by atoms with Gasteiger partial charge in [-0.1, -0.05) is 19.1 Å². The van der Waals surface area contributed by atoms with E-state index < -0.39 is 9.84 Å². The molecule has 0 saturated carbocycles. The van der Waals surface area contributed by atoms with E-state index in [-0.39, 0.29) is 29.0 Å². The first-order chi connectivity index (χ1) is 13.9. The van der Waals surface area contributed by atoms with Gasteiger partial charge in [0.15, 0.2) is 9.84 Å². The Kier molecular flexibility index (Phi) is 6.69. The summed E-state index contributed by atoms with van der Waals surface area (Å²) < 4.78 is 23.7. The molecule has 0 unspecified atom stereocenters. The maximum Gasteiger partial charge on any atom is 0.253 e. The number of carbonyl (C=O) groups is 2. The largest absolute Gasteiger partial charge is 0.348 e. The lowest BCUT2D eigenvalue weighted by atomic mass is 10.1. The Bertz CT molecular complexity index is 978. The van der Waals surface area contributed by atoms with Crippen molar-refractivity contribution in [1.29, 1.82) is 0 Å². The molecule has 2 aromatic rings. The fraction of sp³-hybridized carbons (Fsp3) is 0.364. The summed E-state index contributed by atoms with van der Waals surface area (Å²) >= 11 is 0. The maximum atomic E-state index is 12.6. The summed E-state index contributed by atoms with van der Waals surface area (Å²) in [7, 11) is -3.29. The zero-order valence-electron chi connectivity index (χ0n) is 16.6. The Hall–Kier alpha value is -2.67. The monoisotopic (exact) mass is 414 g/mol. The minimum atomic E-state index is -3.29. The van der Waals surface area contributed by atoms with Gasteiger partial charge in [0, 0.05) is 30.8 Å². The molecule has 0 atom stereocenters. The quantitative estimate of drug-likeness (QED) is 0.788. The number of rotatable bonds is 6. The van der Waals surface area contributed by atoms with E-state index in [1.807, 2.05) is 23.1 Å². The number of nitrogens with zero attached hydrogens (tertiary/aromatic N) is 1. The number of piperidine rings is 1. The normalized spacial score (nSPS) is 14.4. The number of likely N-dealkylation sites (tertiary alicyclic amines) is 1. The smallest absolute Gasteiger partial charge is 0.253 e. The molecule has 1 N–H and O–H groups in total. The Labute approximate surface area is 171 Å². The molecule has 1 heterocycles. The zero-order chi connectivity index (χ0) is 20.9. The number of carbonyl (C=O) groups excluding carboxylic acids is 2. The van der Waals surface area contributed by atoms with E-state index in [2.05, 4.69) is 5.32 Å². The van der Waals surface area contributed by atoms with Crippen molar-refractivity contribution >= 4 is 21.7 Å². The van der Waals surface area contributed by atoms with Gasteiger partial charge in [0.25, 0.3) is 11.8 Å². The van der Waals surface area contributed by atoms with Gasteiger partial charge in [0.2, 0.25) is 0 Å². The molecular formula is C22H26N2O4S. The van der Waals surface area contributed by atoms with Crippen molar-refractivity contribution in [3.05, 3.63) is 65.2 Å². The standard InChI is InChI=1S/C22H26N2O4S/c1-2-29(27,28)20-11-9-18(10-12-20)21(25)23-16-17-7-6-8-19(15-17)22(26)24-13-4-3-5-14-24/h6-12,15H,2-5,13-14,16H2,1H3,(H,23,25). The zero-order valence-corrected chi connectivity index (χ0v) is 17.4. The SMILES string of the molecule is CCS(=O)(=O)c1ccc(C(=O)NCc2cccc(C(=O)N3CCCCC3)c2)cc1. The lowest BCUT2D eigenvalue weighted by Gasteiger charge is -2.26. The van der Waals surface area contributed by atoms with Gasteiger partial charge in [-0.05, 0) is 61.2 Å². The molecule has 0 radical (unpaired) electrons. The highest BCUT2D eigenvalue weighted by molar-refractivity contribution is 7.91. The molecule has 7 heteroatoms. The minimum absolute atomic E-state index is 0.0189. The number of amides is 2. The molecule has 1 aliphatic heterocycles. The predicted octanol–water partition coefficient (Wildman–Crippen LogP) is 3.04. The average molecular weight is 415 g/mol. The molecule has 2 aromatic carbocycles. The van der Waals surface area contributed by atoms with Crippen molar-refractivity contribution in [3.63, 3.8) is 0 Å². The van der Waals surface area contributed by atoms with Crippen LogP contribution in [0.1, 0.15) is 52.5 Å². The van der Waals surface area contributed by atoms with Crippen LogP contribution in [-0.2, 0) is 16.4 Å². The van der Waals surface area contributed by atoms with Crippen molar-refractivity contribution in [2.24, 2.45) is 0 Å². The summed E-state index contributed by atoms with van der Waals surface area (Å²) in [6, 6.07) is 13.2. The van der Waals surface area contributed by atoms with Crippen molar-refractivity contribution < 1.29 is 18.0 Å². The van der Waals surface area contributed by atoms with Gasteiger partial charge in [-0.15, -0.1) is 0 Å². The third-order valence-corrected chi connectivity index (χ3v) is 6.88. The van der Waals surface area contributed by atoms with Crippen molar-refractivity contribution in [2.45, 2.75) is 37.6 Å². The van der Waals surface area contributed by atoms with Crippen LogP contribution in [0.25, 0.3) is 0 Å². The third-order valence-electron chi connectivity index (χ3n) is 5.13. The summed E-state index contributed by atoms with van der Waals surface area (Å²) in [6.45, 7) is 3.46. The lowest BCUT2D eigenvalue weighted by Crippen LogP contribution is -2.35. The van der Waals surface area contributed by atoms with E-state index in [0.717, 1.165) is 31.5 Å². The van der Waals surface area contributed by atoms with Crippen LogP contribution in [0.4, 0.5) is 0 Å². The number of nitrogens with one attached hydrogen (secondary N) is 1. The molecule has 0 bridgehead atoms. The molecule has 29 heavy (non-hydrogen) atoms. The topological polar surface area (TPSA) is 83.5 Å². The Balaban J connectivity index is 1.62. The Morgan fingerprint density at radius 3 is 2.31 bits per heavy atom. The van der Waals surface area contributed by atoms with Crippen molar-refractivity contribution in [1.82, 2.24) is 10.2 Å². The van der Waals surface area contributed by atoms with E-state index in [0.29, 0.717) is 11.1 Å². The van der Waals surface area contributed by atoms with Gasteiger partial charge in [0.1, 0.15) is 0 Å². The van der Waals surface area contributed by atoms with Crippen LogP contribution in [0.5, 0.6) is 0 Å². The van der Waals surface area contributed by atoms with Gasteiger partial charge in [-0.25, -0.2) is 8.42 Å². The number of sulfone groups is 1. The molecule has 0 aliphatic carbocycles. The first kappa shape index (κ1) is 21.0. The predicted molar refractivity (Wildman–Crippen MR) is 112 cm³/mol. The molecular weight excluding hydrogens is 388 g/mol. The maximum absolute atomic E-state index is 12.6. The Morgan fingerprint density at radius 2 is 1.66 bits per heavy atom. The van der Waals surface area contributed by atoms with E-state index in [1.54, 1.807) is 13.0 Å². The van der Waals surface area contributed by atoms with Crippen LogP contribution in [0, 0.1) is 0 Å². The van der Waals surface area contributed by atoms with Crippen LogP contribution < -0.4 is 5.32 Å². The van der Waals surface area contributed by atoms with Crippen LogP contribution in [0.15, 0.2) is 53.4 Å². The van der Waals surface area contributed by atoms with Crippen LogP contribution >= 0.6 is 0 Å². The fourth-order valence-corrected chi connectivity index (χ4v) is 4.24. The summed E-state index contributed by atoms with van der Waals surface area (Å²) in [5.41, 5.74) is 1.86. The highest BCUT2D eigenvalue weighted by Gasteiger charge is 2.18. The average Bonchev–Trinajstić information content (AvgIpc) is 2.77. The fourth-order valence-electron chi connectivity index (χ4n) is 3.36. The van der Waals surface area contributed by atoms with E-state index in [1.165, 1.54) is 30.7 Å². The number of hydrogen-bond donors (Lipinski definition) is 1. The molecule has 1 fully saturated rings. The van der Waals surface area contributed by atoms with E-state index >= 15 is 0 Å². The van der Waals surface area contributed by atoms with Crippen LogP contribution in [0.2, 0.25) is 0 Å². The first-order valence-corrected chi connectivity index (χ1v) is 11.5. The molecule has 2 amide bonds. The molecule has 6 nitrogen and oxygen atoms in total. The highest BCUT2D eigenvalue weighted by Crippen LogP contribution is 2.15. The number of benzene rings is 2. The second kappa shape index (κ2) is 9.22. The summed E-state index contributed by atoms with van der Waals surface area (Å²) in [5.74, 6) is -0.241.